The highest BCUT2D eigenvalue weighted by Crippen LogP contribution is 2.25. The summed E-state index contributed by atoms with van der Waals surface area (Å²) in [5.41, 5.74) is 1.00. The lowest BCUT2D eigenvalue weighted by Gasteiger charge is -2.15. The molecule has 0 saturated carbocycles. The van der Waals surface area contributed by atoms with E-state index in [-0.39, 0.29) is 24.9 Å². The molecule has 0 aromatic heterocycles. The maximum atomic E-state index is 11.3. The number of benzene rings is 1. The Morgan fingerprint density at radius 3 is 2.41 bits per heavy atom. The van der Waals surface area contributed by atoms with Gasteiger partial charge in [0, 0.05) is 6.61 Å². The number of hydrogen-bond donors (Lipinski definition) is 1. The fourth-order valence-corrected chi connectivity index (χ4v) is 1.70. The second kappa shape index (κ2) is 6.91. The summed E-state index contributed by atoms with van der Waals surface area (Å²) in [6.45, 7) is 0.0493. The minimum Gasteiger partial charge on any atom is -0.497 e. The van der Waals surface area contributed by atoms with Gasteiger partial charge in [-0.25, -0.2) is 0 Å². The summed E-state index contributed by atoms with van der Waals surface area (Å²) in [5, 5.41) is 9.01. The van der Waals surface area contributed by atoms with E-state index in [4.69, 9.17) is 9.84 Å². The lowest BCUT2D eigenvalue weighted by atomic mass is 9.93. The molecule has 0 heterocycles. The lowest BCUT2D eigenvalue weighted by Crippen LogP contribution is -2.10. The van der Waals surface area contributed by atoms with Crippen molar-refractivity contribution in [2.45, 2.75) is 18.8 Å². The van der Waals surface area contributed by atoms with Crippen LogP contribution in [0.1, 0.15) is 24.3 Å². The van der Waals surface area contributed by atoms with Crippen molar-refractivity contribution >= 4 is 5.97 Å². The number of carbonyl (C=O) groups excluding carboxylic acids is 1. The average Bonchev–Trinajstić information content (AvgIpc) is 2.38. The number of rotatable bonds is 6. The highest BCUT2D eigenvalue weighted by molar-refractivity contribution is 5.70. The highest BCUT2D eigenvalue weighted by atomic mass is 16.5. The van der Waals surface area contributed by atoms with Gasteiger partial charge in [-0.2, -0.15) is 0 Å². The number of ether oxygens (including phenoxy) is 2. The van der Waals surface area contributed by atoms with Crippen LogP contribution in [0.5, 0.6) is 5.75 Å². The molecule has 1 aromatic rings. The largest absolute Gasteiger partial charge is 0.497 e. The van der Waals surface area contributed by atoms with Gasteiger partial charge in [-0.05, 0) is 30.0 Å². The Bertz CT molecular complexity index is 345. The van der Waals surface area contributed by atoms with Crippen LogP contribution >= 0.6 is 0 Å². The molecule has 1 atom stereocenters. The molecule has 0 saturated heterocycles. The van der Waals surface area contributed by atoms with Crippen LogP contribution in [0, 0.1) is 0 Å². The summed E-state index contributed by atoms with van der Waals surface area (Å²) in [6.07, 6.45) is 0.824. The molecule has 4 heteroatoms. The van der Waals surface area contributed by atoms with E-state index >= 15 is 0 Å². The van der Waals surface area contributed by atoms with E-state index in [1.165, 1.54) is 7.11 Å². The van der Waals surface area contributed by atoms with E-state index in [2.05, 4.69) is 4.74 Å². The topological polar surface area (TPSA) is 55.8 Å². The molecule has 4 nitrogen and oxygen atoms in total. The lowest BCUT2D eigenvalue weighted by molar-refractivity contribution is -0.141. The second-order valence-electron chi connectivity index (χ2n) is 3.76. The maximum absolute atomic E-state index is 11.3. The molecular formula is C13H18O4. The van der Waals surface area contributed by atoms with Gasteiger partial charge >= 0.3 is 5.97 Å². The molecule has 0 amide bonds. The van der Waals surface area contributed by atoms with E-state index in [0.717, 1.165) is 11.3 Å². The first-order chi connectivity index (χ1) is 8.21. The summed E-state index contributed by atoms with van der Waals surface area (Å²) >= 11 is 0. The Kier molecular flexibility index (Phi) is 5.49. The van der Waals surface area contributed by atoms with Crippen LogP contribution in [0.3, 0.4) is 0 Å². The van der Waals surface area contributed by atoms with Crippen molar-refractivity contribution in [3.63, 3.8) is 0 Å². The molecule has 0 aliphatic heterocycles. The van der Waals surface area contributed by atoms with E-state index in [1.54, 1.807) is 7.11 Å². The van der Waals surface area contributed by atoms with Crippen LogP contribution in [0.25, 0.3) is 0 Å². The van der Waals surface area contributed by atoms with Gasteiger partial charge in [0.15, 0.2) is 0 Å². The molecule has 94 valence electrons. The second-order valence-corrected chi connectivity index (χ2v) is 3.76. The number of carbonyl (C=O) groups is 1. The van der Waals surface area contributed by atoms with Gasteiger partial charge in [0.2, 0.25) is 0 Å². The highest BCUT2D eigenvalue weighted by Gasteiger charge is 2.16. The minimum atomic E-state index is -0.265. The predicted molar refractivity (Wildman–Crippen MR) is 64.1 cm³/mol. The zero-order chi connectivity index (χ0) is 12.7. The van der Waals surface area contributed by atoms with Crippen molar-refractivity contribution < 1.29 is 19.4 Å². The summed E-state index contributed by atoms with van der Waals surface area (Å²) in [7, 11) is 2.97. The smallest absolute Gasteiger partial charge is 0.306 e. The van der Waals surface area contributed by atoms with Crippen molar-refractivity contribution in [3.05, 3.63) is 29.8 Å². The third kappa shape index (κ3) is 4.07. The molecule has 0 aliphatic rings. The zero-order valence-corrected chi connectivity index (χ0v) is 10.2. The molecule has 0 aliphatic carbocycles. The van der Waals surface area contributed by atoms with Crippen molar-refractivity contribution in [2.24, 2.45) is 0 Å². The molecule has 1 aromatic carbocycles. The number of esters is 1. The predicted octanol–water partition coefficient (Wildman–Crippen LogP) is 1.72. The monoisotopic (exact) mass is 238 g/mol. The first-order valence-corrected chi connectivity index (χ1v) is 5.53. The molecule has 0 spiro atoms. The fourth-order valence-electron chi connectivity index (χ4n) is 1.70. The molecule has 1 rings (SSSR count). The fraction of sp³-hybridized carbons (Fsp3) is 0.462. The standard InChI is InChI=1S/C13H18O4/c1-16-12-5-3-10(4-6-12)11(7-8-14)9-13(15)17-2/h3-6,11,14H,7-9H2,1-2H3/t11-/m1/s1. The number of methoxy groups -OCH3 is 2. The maximum Gasteiger partial charge on any atom is 0.306 e. The Balaban J connectivity index is 2.77. The van der Waals surface area contributed by atoms with Crippen LogP contribution in [0.4, 0.5) is 0 Å². The molecule has 17 heavy (non-hydrogen) atoms. The number of aliphatic hydroxyl groups excluding tert-OH is 1. The molecule has 0 bridgehead atoms. The Morgan fingerprint density at radius 2 is 1.94 bits per heavy atom. The average molecular weight is 238 g/mol. The van der Waals surface area contributed by atoms with Crippen molar-refractivity contribution in [1.82, 2.24) is 0 Å². The Labute approximate surface area is 101 Å². The van der Waals surface area contributed by atoms with E-state index < -0.39 is 0 Å². The summed E-state index contributed by atoms with van der Waals surface area (Å²) in [5.74, 6) is 0.493. The SMILES string of the molecule is COC(=O)C[C@@H](CCO)c1ccc(OC)cc1. The van der Waals surface area contributed by atoms with Gasteiger partial charge in [-0.3, -0.25) is 4.79 Å². The summed E-state index contributed by atoms with van der Waals surface area (Å²) in [6, 6.07) is 7.50. The summed E-state index contributed by atoms with van der Waals surface area (Å²) < 4.78 is 9.72. The molecule has 1 N–H and O–H groups in total. The van der Waals surface area contributed by atoms with Crippen molar-refractivity contribution in [3.8, 4) is 5.75 Å². The van der Waals surface area contributed by atoms with Crippen molar-refractivity contribution in [1.29, 1.82) is 0 Å². The third-order valence-corrected chi connectivity index (χ3v) is 2.71. The van der Waals surface area contributed by atoms with Gasteiger partial charge in [-0.15, -0.1) is 0 Å². The minimum absolute atomic E-state index is 0.0154. The zero-order valence-electron chi connectivity index (χ0n) is 10.2. The quantitative estimate of drug-likeness (QED) is 0.767. The third-order valence-electron chi connectivity index (χ3n) is 2.71. The molecule has 0 unspecified atom stereocenters. The van der Waals surface area contributed by atoms with E-state index in [9.17, 15) is 4.79 Å². The van der Waals surface area contributed by atoms with Crippen LogP contribution in [-0.4, -0.2) is 31.9 Å². The van der Waals surface area contributed by atoms with Gasteiger partial charge in [-0.1, -0.05) is 12.1 Å². The van der Waals surface area contributed by atoms with Gasteiger partial charge in [0.25, 0.3) is 0 Å². The van der Waals surface area contributed by atoms with Gasteiger partial charge < -0.3 is 14.6 Å². The van der Waals surface area contributed by atoms with Crippen LogP contribution in [0.2, 0.25) is 0 Å². The number of hydrogen-bond acceptors (Lipinski definition) is 4. The van der Waals surface area contributed by atoms with Crippen LogP contribution < -0.4 is 4.74 Å². The van der Waals surface area contributed by atoms with E-state index in [1.807, 2.05) is 24.3 Å². The van der Waals surface area contributed by atoms with Crippen LogP contribution in [-0.2, 0) is 9.53 Å². The summed E-state index contributed by atoms with van der Waals surface area (Å²) in [4.78, 5) is 11.3. The molecular weight excluding hydrogens is 220 g/mol. The van der Waals surface area contributed by atoms with E-state index in [0.29, 0.717) is 6.42 Å². The van der Waals surface area contributed by atoms with Crippen molar-refractivity contribution in [2.75, 3.05) is 20.8 Å². The first-order valence-electron chi connectivity index (χ1n) is 5.53. The van der Waals surface area contributed by atoms with Gasteiger partial charge in [0.05, 0.1) is 20.6 Å². The number of aliphatic hydroxyl groups is 1. The normalized spacial score (nSPS) is 11.9. The van der Waals surface area contributed by atoms with Gasteiger partial charge in [0.1, 0.15) is 5.75 Å². The Morgan fingerprint density at radius 1 is 1.29 bits per heavy atom. The molecule has 0 radical (unpaired) electrons. The molecule has 0 fully saturated rings. The van der Waals surface area contributed by atoms with Crippen LogP contribution in [0.15, 0.2) is 24.3 Å². The first kappa shape index (κ1) is 13.5. The Hall–Kier alpha value is -1.55.